The molecule has 0 aromatic carbocycles. The van der Waals surface area contributed by atoms with Gasteiger partial charge < -0.3 is 15.3 Å². The van der Waals surface area contributed by atoms with E-state index in [-0.39, 0.29) is 30.5 Å². The minimum atomic E-state index is -0.824. The Morgan fingerprint density at radius 2 is 2.28 bits per heavy atom. The van der Waals surface area contributed by atoms with E-state index in [4.69, 9.17) is 0 Å². The zero-order valence-corrected chi connectivity index (χ0v) is 14.6. The van der Waals surface area contributed by atoms with E-state index in [1.54, 1.807) is 4.90 Å². The number of rotatable bonds is 4. The van der Waals surface area contributed by atoms with Crippen molar-refractivity contribution in [1.82, 2.24) is 25.2 Å². The first-order valence-corrected chi connectivity index (χ1v) is 8.84. The molecule has 2 atom stereocenters. The summed E-state index contributed by atoms with van der Waals surface area (Å²) < 4.78 is 0. The summed E-state index contributed by atoms with van der Waals surface area (Å²) in [5.74, 6) is -0.446. The van der Waals surface area contributed by atoms with Gasteiger partial charge in [0.15, 0.2) is 0 Å². The Kier molecular flexibility index (Phi) is 5.34. The van der Waals surface area contributed by atoms with Crippen molar-refractivity contribution in [3.8, 4) is 0 Å². The van der Waals surface area contributed by atoms with Gasteiger partial charge in [-0.2, -0.15) is 0 Å². The molecule has 0 radical (unpaired) electrons. The molecule has 0 saturated carbocycles. The van der Waals surface area contributed by atoms with E-state index in [1.165, 1.54) is 29.9 Å². The van der Waals surface area contributed by atoms with Crippen LogP contribution in [0.15, 0.2) is 24.0 Å². The molecule has 132 valence electrons. The van der Waals surface area contributed by atoms with Gasteiger partial charge in [-0.3, -0.25) is 14.6 Å². The van der Waals surface area contributed by atoms with Gasteiger partial charge in [0.1, 0.15) is 5.69 Å². The van der Waals surface area contributed by atoms with Crippen LogP contribution in [0.1, 0.15) is 27.6 Å². The fourth-order valence-electron chi connectivity index (χ4n) is 2.74. The number of piperidine rings is 1. The van der Waals surface area contributed by atoms with Crippen LogP contribution in [0, 0.1) is 6.92 Å². The topological polar surface area (TPSA) is 108 Å². The van der Waals surface area contributed by atoms with Crippen molar-refractivity contribution in [2.45, 2.75) is 31.9 Å². The second-order valence-electron chi connectivity index (χ2n) is 5.90. The molecule has 0 bridgehead atoms. The van der Waals surface area contributed by atoms with Crippen molar-refractivity contribution in [2.75, 3.05) is 13.1 Å². The lowest BCUT2D eigenvalue weighted by molar-refractivity contribution is -0.134. The Labute approximate surface area is 148 Å². The maximum atomic E-state index is 12.3. The van der Waals surface area contributed by atoms with Crippen molar-refractivity contribution in [3.63, 3.8) is 0 Å². The third-order valence-corrected chi connectivity index (χ3v) is 4.87. The van der Waals surface area contributed by atoms with Crippen LogP contribution in [0.4, 0.5) is 0 Å². The van der Waals surface area contributed by atoms with Crippen LogP contribution in [-0.4, -0.2) is 62.0 Å². The van der Waals surface area contributed by atoms with Gasteiger partial charge in [0.2, 0.25) is 5.91 Å². The molecule has 3 heterocycles. The highest BCUT2D eigenvalue weighted by molar-refractivity contribution is 7.09. The van der Waals surface area contributed by atoms with E-state index in [0.717, 1.165) is 10.7 Å². The summed E-state index contributed by atoms with van der Waals surface area (Å²) in [4.78, 5) is 38.1. The van der Waals surface area contributed by atoms with Crippen molar-refractivity contribution in [3.05, 3.63) is 40.4 Å². The van der Waals surface area contributed by atoms with Crippen LogP contribution in [0.25, 0.3) is 0 Å². The number of nitrogens with zero attached hydrogens (tertiary/aromatic N) is 4. The quantitative estimate of drug-likeness (QED) is 0.804. The molecule has 2 aromatic heterocycles. The zero-order valence-electron chi connectivity index (χ0n) is 13.8. The largest absolute Gasteiger partial charge is 0.389 e. The Morgan fingerprint density at radius 1 is 1.44 bits per heavy atom. The van der Waals surface area contributed by atoms with Gasteiger partial charge in [-0.05, 0) is 13.3 Å². The van der Waals surface area contributed by atoms with Crippen LogP contribution in [0.2, 0.25) is 0 Å². The van der Waals surface area contributed by atoms with Gasteiger partial charge in [0.25, 0.3) is 5.91 Å². The molecule has 2 amide bonds. The number of hydrogen-bond acceptors (Lipinski definition) is 7. The normalized spacial score (nSPS) is 20.3. The zero-order chi connectivity index (χ0) is 17.8. The van der Waals surface area contributed by atoms with Crippen molar-refractivity contribution in [2.24, 2.45) is 0 Å². The molecule has 0 aliphatic carbocycles. The van der Waals surface area contributed by atoms with Crippen molar-refractivity contribution >= 4 is 23.2 Å². The van der Waals surface area contributed by atoms with Crippen LogP contribution < -0.4 is 5.32 Å². The maximum Gasteiger partial charge on any atom is 0.271 e. The van der Waals surface area contributed by atoms with Gasteiger partial charge in [-0.15, -0.1) is 11.3 Å². The molecule has 2 N–H and O–H groups in total. The second kappa shape index (κ2) is 7.66. The minimum Gasteiger partial charge on any atom is -0.389 e. The number of carbonyl (C=O) groups excluding carboxylic acids is 2. The number of aromatic nitrogens is 3. The fraction of sp³-hybridized carbons (Fsp3) is 0.438. The van der Waals surface area contributed by atoms with Crippen LogP contribution in [-0.2, 0) is 11.2 Å². The first kappa shape index (κ1) is 17.4. The summed E-state index contributed by atoms with van der Waals surface area (Å²) in [5, 5.41) is 15.9. The highest BCUT2D eigenvalue weighted by Gasteiger charge is 2.31. The third-order valence-electron chi connectivity index (χ3n) is 4.05. The summed E-state index contributed by atoms with van der Waals surface area (Å²) in [6.45, 7) is 2.56. The molecule has 1 fully saturated rings. The van der Waals surface area contributed by atoms with Crippen LogP contribution >= 0.6 is 11.3 Å². The lowest BCUT2D eigenvalue weighted by Crippen LogP contribution is -2.55. The lowest BCUT2D eigenvalue weighted by atomic mass is 10.0. The average Bonchev–Trinajstić information content (AvgIpc) is 3.02. The van der Waals surface area contributed by atoms with Gasteiger partial charge >= 0.3 is 0 Å². The number of β-amino-alcohol motifs (C(OH)–C–C–N with tert-alkyl or cyclic N) is 1. The number of thiazole rings is 1. The molecule has 1 saturated heterocycles. The molecule has 3 rings (SSSR count). The molecule has 9 heteroatoms. The summed E-state index contributed by atoms with van der Waals surface area (Å²) in [6.07, 6.45) is 4.18. The number of aryl methyl sites for hydroxylation is 1. The van der Waals surface area contributed by atoms with Gasteiger partial charge in [0, 0.05) is 30.9 Å². The Balaban J connectivity index is 1.53. The van der Waals surface area contributed by atoms with E-state index >= 15 is 0 Å². The highest BCUT2D eigenvalue weighted by Crippen LogP contribution is 2.15. The molecular formula is C16H19N5O3S. The second-order valence-corrected chi connectivity index (χ2v) is 6.96. The minimum absolute atomic E-state index is 0.0666. The van der Waals surface area contributed by atoms with Gasteiger partial charge in [-0.25, -0.2) is 9.97 Å². The maximum absolute atomic E-state index is 12.3. The first-order chi connectivity index (χ1) is 12.0. The number of aliphatic hydroxyl groups is 1. The molecule has 0 unspecified atom stereocenters. The number of hydrogen-bond donors (Lipinski definition) is 2. The van der Waals surface area contributed by atoms with E-state index in [0.29, 0.717) is 13.0 Å². The monoisotopic (exact) mass is 361 g/mol. The smallest absolute Gasteiger partial charge is 0.271 e. The number of aliphatic hydroxyl groups excluding tert-OH is 1. The van der Waals surface area contributed by atoms with Crippen molar-refractivity contribution < 1.29 is 14.7 Å². The van der Waals surface area contributed by atoms with E-state index in [1.807, 2.05) is 12.3 Å². The fourth-order valence-corrected chi connectivity index (χ4v) is 3.35. The summed E-state index contributed by atoms with van der Waals surface area (Å²) in [6, 6.07) is -0.417. The predicted octanol–water partition coefficient (Wildman–Crippen LogP) is 0.176. The molecule has 2 aromatic rings. The Bertz CT molecular complexity index is 751. The average molecular weight is 361 g/mol. The van der Waals surface area contributed by atoms with E-state index < -0.39 is 12.1 Å². The molecule has 0 spiro atoms. The Hall–Kier alpha value is -2.39. The molecule has 1 aliphatic heterocycles. The number of carbonyl (C=O) groups is 2. The standard InChI is InChI=1S/C16H19N5O3S/c1-10-19-11(9-25-10)6-15(23)21-5-2-12(14(22)8-21)20-16(24)13-7-17-3-4-18-13/h3-4,7,9,12,14,22H,2,5-6,8H2,1H3,(H,20,24)/t12-,14-/m1/s1. The lowest BCUT2D eigenvalue weighted by Gasteiger charge is -2.36. The molecular weight excluding hydrogens is 342 g/mol. The number of likely N-dealkylation sites (tertiary alicyclic amines) is 1. The molecule has 8 nitrogen and oxygen atoms in total. The molecule has 1 aliphatic rings. The summed E-state index contributed by atoms with van der Waals surface area (Å²) in [5.41, 5.74) is 0.951. The first-order valence-electron chi connectivity index (χ1n) is 7.96. The van der Waals surface area contributed by atoms with Gasteiger partial charge in [0.05, 0.1) is 35.5 Å². The number of amides is 2. The van der Waals surface area contributed by atoms with E-state index in [2.05, 4.69) is 20.3 Å². The summed E-state index contributed by atoms with van der Waals surface area (Å²) >= 11 is 1.51. The summed E-state index contributed by atoms with van der Waals surface area (Å²) in [7, 11) is 0. The molecule has 25 heavy (non-hydrogen) atoms. The SMILES string of the molecule is Cc1nc(CC(=O)N2CC[C@@H](NC(=O)c3cnccn3)[C@H](O)C2)cs1. The van der Waals surface area contributed by atoms with Crippen molar-refractivity contribution in [1.29, 1.82) is 0 Å². The van der Waals surface area contributed by atoms with Crippen LogP contribution in [0.3, 0.4) is 0 Å². The highest BCUT2D eigenvalue weighted by atomic mass is 32.1. The van der Waals surface area contributed by atoms with Gasteiger partial charge in [-0.1, -0.05) is 0 Å². The van der Waals surface area contributed by atoms with E-state index in [9.17, 15) is 14.7 Å². The van der Waals surface area contributed by atoms with Crippen LogP contribution in [0.5, 0.6) is 0 Å². The number of nitrogens with one attached hydrogen (secondary N) is 1. The predicted molar refractivity (Wildman–Crippen MR) is 91.0 cm³/mol. The Morgan fingerprint density at radius 3 is 2.92 bits per heavy atom. The third kappa shape index (κ3) is 4.37.